The first kappa shape index (κ1) is 22.7. The molecule has 0 aliphatic carbocycles. The number of fused-ring (bicyclic) bond motifs is 1. The van der Waals surface area contributed by atoms with Gasteiger partial charge in [0.25, 0.3) is 11.8 Å². The van der Waals surface area contributed by atoms with Crippen LogP contribution < -0.4 is 24.8 Å². The van der Waals surface area contributed by atoms with E-state index in [0.29, 0.717) is 34.2 Å². The summed E-state index contributed by atoms with van der Waals surface area (Å²) in [5.74, 6) is 0.430. The molecular formula is C25H24N4O5. The van der Waals surface area contributed by atoms with Crippen molar-refractivity contribution in [1.29, 1.82) is 0 Å². The maximum absolute atomic E-state index is 13.0. The van der Waals surface area contributed by atoms with Crippen molar-refractivity contribution in [1.82, 2.24) is 9.97 Å². The van der Waals surface area contributed by atoms with E-state index in [-0.39, 0.29) is 11.5 Å². The molecule has 2 aromatic heterocycles. The maximum atomic E-state index is 13.0. The second-order valence-electron chi connectivity index (χ2n) is 7.48. The molecule has 174 valence electrons. The summed E-state index contributed by atoms with van der Waals surface area (Å²) in [5.41, 5.74) is 3.21. The number of aromatic amines is 1. The molecule has 0 bridgehead atoms. The van der Waals surface area contributed by atoms with Gasteiger partial charge >= 0.3 is 0 Å². The van der Waals surface area contributed by atoms with E-state index in [4.69, 9.17) is 14.2 Å². The molecule has 9 heteroatoms. The third-order valence-corrected chi connectivity index (χ3v) is 5.35. The van der Waals surface area contributed by atoms with Crippen LogP contribution in [0.5, 0.6) is 17.2 Å². The number of anilines is 2. The number of hydrogen-bond acceptors (Lipinski definition) is 6. The van der Waals surface area contributed by atoms with E-state index in [0.717, 1.165) is 16.6 Å². The zero-order valence-corrected chi connectivity index (χ0v) is 19.2. The molecule has 2 heterocycles. The smallest absolute Gasteiger partial charge is 0.259 e. The van der Waals surface area contributed by atoms with Crippen LogP contribution in [0.1, 0.15) is 26.3 Å². The summed E-state index contributed by atoms with van der Waals surface area (Å²) in [6.07, 6.45) is 3.37. The van der Waals surface area contributed by atoms with Crippen molar-refractivity contribution in [3.05, 3.63) is 71.5 Å². The first-order valence-electron chi connectivity index (χ1n) is 10.4. The Labute approximate surface area is 196 Å². The number of benzene rings is 2. The van der Waals surface area contributed by atoms with Gasteiger partial charge in [0.2, 0.25) is 0 Å². The van der Waals surface area contributed by atoms with Crippen molar-refractivity contribution in [2.45, 2.75) is 6.92 Å². The van der Waals surface area contributed by atoms with Crippen LogP contribution in [0, 0.1) is 6.92 Å². The second kappa shape index (κ2) is 9.53. The third-order valence-electron chi connectivity index (χ3n) is 5.35. The Morgan fingerprint density at radius 1 is 0.794 bits per heavy atom. The monoisotopic (exact) mass is 460 g/mol. The van der Waals surface area contributed by atoms with E-state index in [1.54, 1.807) is 42.7 Å². The van der Waals surface area contributed by atoms with Crippen LogP contribution in [0.15, 0.2) is 54.9 Å². The number of rotatable bonds is 7. The average Bonchev–Trinajstić information content (AvgIpc) is 3.32. The van der Waals surface area contributed by atoms with Gasteiger partial charge in [-0.15, -0.1) is 0 Å². The van der Waals surface area contributed by atoms with Gasteiger partial charge in [0, 0.05) is 35.0 Å². The summed E-state index contributed by atoms with van der Waals surface area (Å²) >= 11 is 0. The summed E-state index contributed by atoms with van der Waals surface area (Å²) in [5, 5.41) is 6.57. The SMILES string of the molecule is COc1cc(OC)c(C(=O)Nc2ccc(C)c(C(=O)Nc3cnc4[nH]ccc4c3)c2)cc1OC. The molecule has 2 amide bonds. The normalized spacial score (nSPS) is 10.6. The van der Waals surface area contributed by atoms with E-state index in [2.05, 4.69) is 20.6 Å². The summed E-state index contributed by atoms with van der Waals surface area (Å²) < 4.78 is 15.9. The van der Waals surface area contributed by atoms with Crippen LogP contribution in [0.25, 0.3) is 11.0 Å². The number of methoxy groups -OCH3 is 3. The van der Waals surface area contributed by atoms with Crippen LogP contribution in [0.4, 0.5) is 11.4 Å². The van der Waals surface area contributed by atoms with Crippen molar-refractivity contribution in [3.63, 3.8) is 0 Å². The Morgan fingerprint density at radius 2 is 1.47 bits per heavy atom. The lowest BCUT2D eigenvalue weighted by Crippen LogP contribution is -2.16. The quantitative estimate of drug-likeness (QED) is 0.377. The Kier molecular flexibility index (Phi) is 6.35. The van der Waals surface area contributed by atoms with Crippen molar-refractivity contribution in [2.75, 3.05) is 32.0 Å². The molecule has 3 N–H and O–H groups in total. The number of ether oxygens (including phenoxy) is 3. The molecule has 4 aromatic rings. The maximum Gasteiger partial charge on any atom is 0.259 e. The topological polar surface area (TPSA) is 115 Å². The van der Waals surface area contributed by atoms with Gasteiger partial charge in [-0.1, -0.05) is 6.07 Å². The molecule has 0 fully saturated rings. The first-order valence-corrected chi connectivity index (χ1v) is 10.4. The number of pyridine rings is 1. The Balaban J connectivity index is 1.57. The van der Waals surface area contributed by atoms with Gasteiger partial charge in [0.05, 0.1) is 38.8 Å². The number of carbonyl (C=O) groups is 2. The van der Waals surface area contributed by atoms with Crippen molar-refractivity contribution in [2.24, 2.45) is 0 Å². The van der Waals surface area contributed by atoms with Gasteiger partial charge in [-0.3, -0.25) is 9.59 Å². The van der Waals surface area contributed by atoms with Crippen LogP contribution in [0.3, 0.4) is 0 Å². The molecule has 0 saturated heterocycles. The van der Waals surface area contributed by atoms with Crippen molar-refractivity contribution in [3.8, 4) is 17.2 Å². The fourth-order valence-corrected chi connectivity index (χ4v) is 3.56. The minimum Gasteiger partial charge on any atom is -0.496 e. The molecular weight excluding hydrogens is 436 g/mol. The molecule has 0 spiro atoms. The van der Waals surface area contributed by atoms with E-state index in [1.807, 2.05) is 19.1 Å². The van der Waals surface area contributed by atoms with Crippen LogP contribution in [-0.4, -0.2) is 43.1 Å². The fraction of sp³-hybridized carbons (Fsp3) is 0.160. The standard InChI is InChI=1S/C25H24N4O5/c1-14-5-6-16(28-25(31)19-11-21(33-3)22(34-4)12-20(19)32-2)10-18(14)24(30)29-17-9-15-7-8-26-23(15)27-13-17/h5-13H,1-4H3,(H,26,27)(H,28,31)(H,29,30). The second-order valence-corrected chi connectivity index (χ2v) is 7.48. The number of aromatic nitrogens is 2. The Bertz CT molecular complexity index is 1380. The molecule has 34 heavy (non-hydrogen) atoms. The van der Waals surface area contributed by atoms with Crippen LogP contribution in [-0.2, 0) is 0 Å². The molecule has 9 nitrogen and oxygen atoms in total. The highest BCUT2D eigenvalue weighted by Gasteiger charge is 2.19. The molecule has 0 aliphatic heterocycles. The summed E-state index contributed by atoms with van der Waals surface area (Å²) in [6, 6.07) is 12.0. The van der Waals surface area contributed by atoms with Gasteiger partial charge in [-0.05, 0) is 36.8 Å². The number of aryl methyl sites for hydroxylation is 1. The number of amides is 2. The number of carbonyl (C=O) groups excluding carboxylic acids is 2. The third kappa shape index (κ3) is 4.49. The van der Waals surface area contributed by atoms with E-state index in [1.165, 1.54) is 21.3 Å². The number of nitrogens with zero attached hydrogens (tertiary/aromatic N) is 1. The van der Waals surface area contributed by atoms with Crippen LogP contribution in [0.2, 0.25) is 0 Å². The van der Waals surface area contributed by atoms with Crippen molar-refractivity contribution < 1.29 is 23.8 Å². The zero-order chi connectivity index (χ0) is 24.2. The Morgan fingerprint density at radius 3 is 2.21 bits per heavy atom. The van der Waals surface area contributed by atoms with E-state index < -0.39 is 5.91 Å². The predicted molar refractivity (Wildman–Crippen MR) is 129 cm³/mol. The molecule has 0 radical (unpaired) electrons. The summed E-state index contributed by atoms with van der Waals surface area (Å²) in [7, 11) is 4.45. The lowest BCUT2D eigenvalue weighted by atomic mass is 10.1. The largest absolute Gasteiger partial charge is 0.496 e. The van der Waals surface area contributed by atoms with Gasteiger partial charge in [0.1, 0.15) is 11.4 Å². The molecule has 0 aliphatic rings. The van der Waals surface area contributed by atoms with Gasteiger partial charge < -0.3 is 29.8 Å². The van der Waals surface area contributed by atoms with Gasteiger partial charge in [-0.2, -0.15) is 0 Å². The first-order chi connectivity index (χ1) is 16.4. The highest BCUT2D eigenvalue weighted by atomic mass is 16.5. The fourth-order valence-electron chi connectivity index (χ4n) is 3.56. The highest BCUT2D eigenvalue weighted by Crippen LogP contribution is 2.35. The minimum absolute atomic E-state index is 0.262. The number of nitrogens with one attached hydrogen (secondary N) is 3. The van der Waals surface area contributed by atoms with Crippen molar-refractivity contribution >= 4 is 34.2 Å². The summed E-state index contributed by atoms with van der Waals surface area (Å²) in [6.45, 7) is 1.82. The minimum atomic E-state index is -0.421. The number of hydrogen-bond donors (Lipinski definition) is 3. The molecule has 2 aromatic carbocycles. The molecule has 4 rings (SSSR count). The van der Waals surface area contributed by atoms with E-state index >= 15 is 0 Å². The number of H-pyrrole nitrogens is 1. The lowest BCUT2D eigenvalue weighted by Gasteiger charge is -2.15. The molecule has 0 unspecified atom stereocenters. The predicted octanol–water partition coefficient (Wildman–Crippen LogP) is 4.40. The zero-order valence-electron chi connectivity index (χ0n) is 19.2. The van der Waals surface area contributed by atoms with E-state index in [9.17, 15) is 9.59 Å². The van der Waals surface area contributed by atoms with Gasteiger partial charge in [-0.25, -0.2) is 4.98 Å². The molecule has 0 atom stereocenters. The highest BCUT2D eigenvalue weighted by molar-refractivity contribution is 6.09. The summed E-state index contributed by atoms with van der Waals surface area (Å²) in [4.78, 5) is 33.3. The Hall–Kier alpha value is -4.53. The van der Waals surface area contributed by atoms with Crippen LogP contribution >= 0.6 is 0 Å². The molecule has 0 saturated carbocycles. The average molecular weight is 460 g/mol. The lowest BCUT2D eigenvalue weighted by molar-refractivity contribution is 0.101. The van der Waals surface area contributed by atoms with Gasteiger partial charge in [0.15, 0.2) is 11.5 Å².